The number of fused-ring (bicyclic) bond motifs is 3. The van der Waals surface area contributed by atoms with Crippen molar-refractivity contribution in [3.63, 3.8) is 0 Å². The average Bonchev–Trinajstić information content (AvgIpc) is 3.17. The highest BCUT2D eigenvalue weighted by atomic mass is 14.2. The molecule has 9 rings (SSSR count). The van der Waals surface area contributed by atoms with Crippen molar-refractivity contribution >= 4 is 32.3 Å². The summed E-state index contributed by atoms with van der Waals surface area (Å²) in [6.45, 7) is 0. The van der Waals surface area contributed by atoms with Gasteiger partial charge in [0.2, 0.25) is 0 Å². The summed E-state index contributed by atoms with van der Waals surface area (Å²) >= 11 is 0. The van der Waals surface area contributed by atoms with Crippen LogP contribution in [0.1, 0.15) is 0 Å². The van der Waals surface area contributed by atoms with E-state index < -0.39 is 0 Å². The third-order valence-electron chi connectivity index (χ3n) is 9.69. The summed E-state index contributed by atoms with van der Waals surface area (Å²) in [4.78, 5) is 0. The Morgan fingerprint density at radius 3 is 1.23 bits per heavy atom. The second-order valence-corrected chi connectivity index (χ2v) is 12.5. The standard InChI is InChI=1S/C48H32/c1-3-12-33(13-4-1)34-22-24-35(25-23-34)36-26-28-39(29-27-36)48-44-20-10-9-19-43(44)47(38-15-5-2-6-16-38)45-31-30-40(32-46(45)48)42-21-11-17-37-14-7-8-18-41(37)42/h1-32H. The fraction of sp³-hybridized carbons (Fsp3) is 0. The fourth-order valence-corrected chi connectivity index (χ4v) is 7.36. The highest BCUT2D eigenvalue weighted by Gasteiger charge is 2.18. The van der Waals surface area contributed by atoms with Gasteiger partial charge in [-0.05, 0) is 94.0 Å². The lowest BCUT2D eigenvalue weighted by molar-refractivity contribution is 1.59. The van der Waals surface area contributed by atoms with Gasteiger partial charge in [-0.1, -0.05) is 188 Å². The van der Waals surface area contributed by atoms with E-state index >= 15 is 0 Å². The Hall–Kier alpha value is -6.24. The quantitative estimate of drug-likeness (QED) is 0.171. The molecule has 9 aromatic rings. The van der Waals surface area contributed by atoms with E-state index in [0.29, 0.717) is 0 Å². The zero-order chi connectivity index (χ0) is 31.9. The van der Waals surface area contributed by atoms with Gasteiger partial charge in [0.15, 0.2) is 0 Å². The molecule has 0 nitrogen and oxygen atoms in total. The van der Waals surface area contributed by atoms with Crippen LogP contribution in [0.3, 0.4) is 0 Å². The van der Waals surface area contributed by atoms with Gasteiger partial charge in [0.25, 0.3) is 0 Å². The van der Waals surface area contributed by atoms with Gasteiger partial charge in [-0.2, -0.15) is 0 Å². The predicted molar refractivity (Wildman–Crippen MR) is 206 cm³/mol. The van der Waals surface area contributed by atoms with E-state index in [2.05, 4.69) is 194 Å². The van der Waals surface area contributed by atoms with Crippen LogP contribution in [0.2, 0.25) is 0 Å². The zero-order valence-corrected chi connectivity index (χ0v) is 26.5. The molecule has 0 bridgehead atoms. The first kappa shape index (κ1) is 28.0. The minimum absolute atomic E-state index is 1.21. The Morgan fingerprint density at radius 2 is 0.604 bits per heavy atom. The summed E-state index contributed by atoms with van der Waals surface area (Å²) in [5, 5.41) is 7.58. The minimum atomic E-state index is 1.21. The molecule has 0 aromatic heterocycles. The van der Waals surface area contributed by atoms with Gasteiger partial charge in [-0.25, -0.2) is 0 Å². The minimum Gasteiger partial charge on any atom is -0.0622 e. The molecule has 0 heterocycles. The summed E-state index contributed by atoms with van der Waals surface area (Å²) in [5.74, 6) is 0. The molecule has 0 N–H and O–H groups in total. The van der Waals surface area contributed by atoms with Gasteiger partial charge in [0.1, 0.15) is 0 Å². The molecule has 0 spiro atoms. The molecule has 0 saturated heterocycles. The van der Waals surface area contributed by atoms with Crippen molar-refractivity contribution in [3.05, 3.63) is 194 Å². The summed E-state index contributed by atoms with van der Waals surface area (Å²) in [6.07, 6.45) is 0. The monoisotopic (exact) mass is 608 g/mol. The maximum Gasteiger partial charge on any atom is -0.00261 e. The summed E-state index contributed by atoms with van der Waals surface area (Å²) in [7, 11) is 0. The average molecular weight is 609 g/mol. The first-order chi connectivity index (χ1) is 23.8. The van der Waals surface area contributed by atoms with Gasteiger partial charge < -0.3 is 0 Å². The second-order valence-electron chi connectivity index (χ2n) is 12.5. The van der Waals surface area contributed by atoms with Gasteiger partial charge >= 0.3 is 0 Å². The highest BCUT2D eigenvalue weighted by molar-refractivity contribution is 6.22. The molecule has 0 atom stereocenters. The fourth-order valence-electron chi connectivity index (χ4n) is 7.36. The molecule has 0 aliphatic rings. The Labute approximate surface area is 281 Å². The lowest BCUT2D eigenvalue weighted by atomic mass is 9.84. The Morgan fingerprint density at radius 1 is 0.208 bits per heavy atom. The van der Waals surface area contributed by atoms with Crippen LogP contribution in [0.25, 0.3) is 88.0 Å². The lowest BCUT2D eigenvalue weighted by Gasteiger charge is -2.19. The Kier molecular flexibility index (Phi) is 6.91. The molecule has 0 heteroatoms. The van der Waals surface area contributed by atoms with Crippen LogP contribution in [0.15, 0.2) is 194 Å². The maximum atomic E-state index is 2.42. The molecular weight excluding hydrogens is 577 g/mol. The van der Waals surface area contributed by atoms with Gasteiger partial charge in [-0.3, -0.25) is 0 Å². The van der Waals surface area contributed by atoms with Crippen LogP contribution >= 0.6 is 0 Å². The Bertz CT molecular complexity index is 2550. The molecule has 0 aliphatic carbocycles. The molecule has 0 saturated carbocycles. The first-order valence-electron chi connectivity index (χ1n) is 16.6. The smallest absolute Gasteiger partial charge is 0.00261 e. The van der Waals surface area contributed by atoms with Crippen molar-refractivity contribution in [3.8, 4) is 55.6 Å². The molecular formula is C48H32. The van der Waals surface area contributed by atoms with E-state index in [1.165, 1.54) is 88.0 Å². The van der Waals surface area contributed by atoms with E-state index in [1.54, 1.807) is 0 Å². The maximum absolute atomic E-state index is 2.42. The van der Waals surface area contributed by atoms with E-state index in [0.717, 1.165) is 0 Å². The topological polar surface area (TPSA) is 0 Å². The van der Waals surface area contributed by atoms with Gasteiger partial charge in [0.05, 0.1) is 0 Å². The SMILES string of the molecule is c1ccc(-c2ccc(-c3ccc(-c4c5ccccc5c(-c5ccccc5)c5ccc(-c6cccc7ccccc67)cc45)cc3)cc2)cc1. The molecule has 0 unspecified atom stereocenters. The summed E-state index contributed by atoms with van der Waals surface area (Å²) in [6, 6.07) is 70.7. The normalized spacial score (nSPS) is 11.3. The molecule has 0 aliphatic heterocycles. The van der Waals surface area contributed by atoms with Crippen molar-refractivity contribution in [1.82, 2.24) is 0 Å². The van der Waals surface area contributed by atoms with Crippen molar-refractivity contribution < 1.29 is 0 Å². The van der Waals surface area contributed by atoms with E-state index in [-0.39, 0.29) is 0 Å². The lowest BCUT2D eigenvalue weighted by Crippen LogP contribution is -1.92. The van der Waals surface area contributed by atoms with Crippen LogP contribution in [0.4, 0.5) is 0 Å². The largest absolute Gasteiger partial charge is 0.0622 e. The number of benzene rings is 9. The molecule has 9 aromatic carbocycles. The predicted octanol–water partition coefficient (Wildman–Crippen LogP) is 13.5. The molecule has 0 amide bonds. The first-order valence-corrected chi connectivity index (χ1v) is 16.6. The van der Waals surface area contributed by atoms with Crippen LogP contribution in [0, 0.1) is 0 Å². The van der Waals surface area contributed by atoms with Crippen molar-refractivity contribution in [2.45, 2.75) is 0 Å². The number of rotatable bonds is 5. The third-order valence-corrected chi connectivity index (χ3v) is 9.69. The number of hydrogen-bond acceptors (Lipinski definition) is 0. The van der Waals surface area contributed by atoms with E-state index in [9.17, 15) is 0 Å². The van der Waals surface area contributed by atoms with Crippen molar-refractivity contribution in [1.29, 1.82) is 0 Å². The third kappa shape index (κ3) is 4.87. The van der Waals surface area contributed by atoms with Crippen molar-refractivity contribution in [2.24, 2.45) is 0 Å². The van der Waals surface area contributed by atoms with Gasteiger partial charge in [-0.15, -0.1) is 0 Å². The van der Waals surface area contributed by atoms with E-state index in [1.807, 2.05) is 0 Å². The second kappa shape index (κ2) is 11.8. The van der Waals surface area contributed by atoms with Gasteiger partial charge in [0, 0.05) is 0 Å². The van der Waals surface area contributed by atoms with Crippen LogP contribution in [-0.4, -0.2) is 0 Å². The summed E-state index contributed by atoms with van der Waals surface area (Å²) in [5.41, 5.74) is 12.4. The Balaban J connectivity index is 1.25. The molecule has 0 radical (unpaired) electrons. The van der Waals surface area contributed by atoms with Crippen LogP contribution < -0.4 is 0 Å². The zero-order valence-electron chi connectivity index (χ0n) is 26.5. The molecule has 0 fully saturated rings. The van der Waals surface area contributed by atoms with Crippen molar-refractivity contribution in [2.75, 3.05) is 0 Å². The van der Waals surface area contributed by atoms with Crippen LogP contribution in [-0.2, 0) is 0 Å². The highest BCUT2D eigenvalue weighted by Crippen LogP contribution is 2.45. The number of hydrogen-bond donors (Lipinski definition) is 0. The van der Waals surface area contributed by atoms with Crippen LogP contribution in [0.5, 0.6) is 0 Å². The van der Waals surface area contributed by atoms with E-state index in [4.69, 9.17) is 0 Å². The summed E-state index contributed by atoms with van der Waals surface area (Å²) < 4.78 is 0. The molecule has 224 valence electrons. The molecule has 48 heavy (non-hydrogen) atoms.